The first-order chi connectivity index (χ1) is 24.3. The van der Waals surface area contributed by atoms with Crippen molar-refractivity contribution in [3.63, 3.8) is 0 Å². The van der Waals surface area contributed by atoms with Crippen molar-refractivity contribution in [2.45, 2.75) is 59.0 Å². The van der Waals surface area contributed by atoms with Crippen LogP contribution in [0.1, 0.15) is 78.7 Å². The minimum Gasteiger partial charge on any atom is -0.456 e. The molecule has 0 saturated heterocycles. The van der Waals surface area contributed by atoms with Crippen molar-refractivity contribution in [2.75, 3.05) is 13.6 Å². The summed E-state index contributed by atoms with van der Waals surface area (Å²) in [5.41, 5.74) is 0.393. The van der Waals surface area contributed by atoms with E-state index in [0.717, 1.165) is 0 Å². The Balaban J connectivity index is 1.62. The summed E-state index contributed by atoms with van der Waals surface area (Å²) in [7, 11) is 0. The number of esters is 7. The van der Waals surface area contributed by atoms with Crippen LogP contribution in [0.4, 0.5) is 0 Å². The van der Waals surface area contributed by atoms with E-state index in [9.17, 15) is 33.6 Å². The Morgan fingerprint density at radius 3 is 1.53 bits per heavy atom. The molecule has 2 aliphatic rings. The summed E-state index contributed by atoms with van der Waals surface area (Å²) < 4.78 is 42.8. The lowest BCUT2D eigenvalue weighted by molar-refractivity contribution is -0.167. The predicted molar refractivity (Wildman–Crippen MR) is 169 cm³/mol. The number of benzene rings is 3. The van der Waals surface area contributed by atoms with Crippen molar-refractivity contribution >= 4 is 41.8 Å². The SMILES string of the molecule is CC(=O)OCOC(=O)CCc1cc2c(cc1OC(C)=O)Oc1cc(OC(C)=O)c(CCC(=O)OCOC(C)=O)cc1C21OC(=O)c2ccccc21. The Hall–Kier alpha value is -6.25. The average Bonchev–Trinajstić information content (AvgIpc) is 3.34. The second-order valence-electron chi connectivity index (χ2n) is 11.4. The summed E-state index contributed by atoms with van der Waals surface area (Å²) in [6.45, 7) is 3.58. The van der Waals surface area contributed by atoms with Crippen LogP contribution in [-0.2, 0) is 70.9 Å². The van der Waals surface area contributed by atoms with Crippen LogP contribution >= 0.6 is 0 Å². The average molecular weight is 705 g/mol. The second kappa shape index (κ2) is 15.1. The van der Waals surface area contributed by atoms with Gasteiger partial charge in [0.1, 0.15) is 23.0 Å². The molecule has 0 bridgehead atoms. The van der Waals surface area contributed by atoms with Gasteiger partial charge in [-0.15, -0.1) is 0 Å². The van der Waals surface area contributed by atoms with Gasteiger partial charge in [-0.1, -0.05) is 18.2 Å². The zero-order valence-corrected chi connectivity index (χ0v) is 28.0. The van der Waals surface area contributed by atoms with Gasteiger partial charge in [0, 0.05) is 69.4 Å². The molecule has 0 fully saturated rings. The molecule has 15 heteroatoms. The van der Waals surface area contributed by atoms with Crippen molar-refractivity contribution in [3.05, 3.63) is 81.9 Å². The lowest BCUT2D eigenvalue weighted by Gasteiger charge is -2.37. The number of carbonyl (C=O) groups excluding carboxylic acids is 7. The zero-order valence-electron chi connectivity index (χ0n) is 28.0. The Morgan fingerprint density at radius 2 is 1.08 bits per heavy atom. The summed E-state index contributed by atoms with van der Waals surface area (Å²) in [5, 5.41) is 0. The Kier molecular flexibility index (Phi) is 10.7. The van der Waals surface area contributed by atoms with Gasteiger partial charge in [0.05, 0.1) is 5.56 Å². The molecular formula is C36H32O15. The highest BCUT2D eigenvalue weighted by atomic mass is 16.7. The van der Waals surface area contributed by atoms with E-state index in [4.69, 9.17) is 28.4 Å². The van der Waals surface area contributed by atoms with Gasteiger partial charge in [-0.2, -0.15) is 0 Å². The predicted octanol–water partition coefficient (Wildman–Crippen LogP) is 4.10. The highest BCUT2D eigenvalue weighted by Crippen LogP contribution is 2.58. The molecule has 2 aliphatic heterocycles. The second-order valence-corrected chi connectivity index (χ2v) is 11.4. The van der Waals surface area contributed by atoms with E-state index in [2.05, 4.69) is 9.47 Å². The molecule has 51 heavy (non-hydrogen) atoms. The standard InChI is InChI=1S/C36H32O15/c1-19(37)44-17-46-33(41)11-9-23-13-27-31(15-29(23)48-21(3)39)50-32-16-30(49-22(4)40)24(10-12-34(42)47-18-45-20(2)38)14-28(32)36(27)26-8-6-5-7-25(26)35(43)51-36/h5-8,13-16H,9-12,17-18H2,1-4H3. The van der Waals surface area contributed by atoms with E-state index in [1.165, 1.54) is 39.8 Å². The third kappa shape index (κ3) is 7.98. The van der Waals surface area contributed by atoms with Gasteiger partial charge in [-0.3, -0.25) is 28.8 Å². The van der Waals surface area contributed by atoms with Crippen LogP contribution in [0, 0.1) is 0 Å². The quantitative estimate of drug-likeness (QED) is 0.113. The van der Waals surface area contributed by atoms with E-state index in [1.54, 1.807) is 36.4 Å². The molecule has 15 nitrogen and oxygen atoms in total. The van der Waals surface area contributed by atoms with Crippen molar-refractivity contribution in [1.82, 2.24) is 0 Å². The van der Waals surface area contributed by atoms with Gasteiger partial charge in [0.25, 0.3) is 0 Å². The molecule has 0 atom stereocenters. The Bertz CT molecular complexity index is 1840. The zero-order chi connectivity index (χ0) is 36.9. The van der Waals surface area contributed by atoms with Crippen molar-refractivity contribution < 1.29 is 71.5 Å². The van der Waals surface area contributed by atoms with E-state index in [1.807, 2.05) is 0 Å². The minimum absolute atomic E-state index is 0.0145. The monoisotopic (exact) mass is 704 g/mol. The maximum Gasteiger partial charge on any atom is 0.340 e. The Labute approximate surface area is 290 Å². The van der Waals surface area contributed by atoms with E-state index < -0.39 is 61.0 Å². The first-order valence-corrected chi connectivity index (χ1v) is 15.6. The van der Waals surface area contributed by atoms with Crippen LogP contribution in [0.2, 0.25) is 0 Å². The minimum atomic E-state index is -1.66. The highest BCUT2D eigenvalue weighted by molar-refractivity contribution is 5.97. The Morgan fingerprint density at radius 1 is 0.608 bits per heavy atom. The fourth-order valence-electron chi connectivity index (χ4n) is 5.68. The molecule has 0 saturated carbocycles. The maximum absolute atomic E-state index is 13.5. The van der Waals surface area contributed by atoms with Crippen molar-refractivity contribution in [2.24, 2.45) is 0 Å². The summed E-state index contributed by atoms with van der Waals surface area (Å²) in [6, 6.07) is 12.7. The van der Waals surface area contributed by atoms with E-state index >= 15 is 0 Å². The van der Waals surface area contributed by atoms with Crippen LogP contribution in [0.25, 0.3) is 0 Å². The largest absolute Gasteiger partial charge is 0.456 e. The highest BCUT2D eigenvalue weighted by Gasteiger charge is 2.54. The van der Waals surface area contributed by atoms with Crippen molar-refractivity contribution in [1.29, 1.82) is 0 Å². The lowest BCUT2D eigenvalue weighted by atomic mass is 9.76. The summed E-state index contributed by atoms with van der Waals surface area (Å²) in [4.78, 5) is 84.8. The molecular weight excluding hydrogens is 672 g/mol. The van der Waals surface area contributed by atoms with Gasteiger partial charge in [0.2, 0.25) is 13.6 Å². The molecule has 0 unspecified atom stereocenters. The first-order valence-electron chi connectivity index (χ1n) is 15.6. The van der Waals surface area contributed by atoms with Gasteiger partial charge >= 0.3 is 41.8 Å². The maximum atomic E-state index is 13.5. The van der Waals surface area contributed by atoms with E-state index in [-0.39, 0.29) is 54.2 Å². The molecule has 2 heterocycles. The van der Waals surface area contributed by atoms with Crippen LogP contribution < -0.4 is 14.2 Å². The number of hydrogen-bond acceptors (Lipinski definition) is 15. The summed E-state index contributed by atoms with van der Waals surface area (Å²) >= 11 is 0. The first kappa shape index (κ1) is 36.0. The topological polar surface area (TPSA) is 193 Å². The number of carbonyl (C=O) groups is 7. The van der Waals surface area contributed by atoms with Crippen LogP contribution in [-0.4, -0.2) is 55.4 Å². The van der Waals surface area contributed by atoms with Crippen LogP contribution in [0.5, 0.6) is 23.0 Å². The number of ether oxygens (including phenoxy) is 8. The number of fused-ring (bicyclic) bond motifs is 6. The van der Waals surface area contributed by atoms with Crippen molar-refractivity contribution in [3.8, 4) is 23.0 Å². The van der Waals surface area contributed by atoms with Gasteiger partial charge in [-0.05, 0) is 42.2 Å². The normalized spacial score (nSPS) is 13.0. The molecule has 266 valence electrons. The molecule has 3 aromatic rings. The molecule has 0 amide bonds. The number of rotatable bonds is 12. The summed E-state index contributed by atoms with van der Waals surface area (Å²) in [5.74, 6) is -4.29. The smallest absolute Gasteiger partial charge is 0.340 e. The number of hydrogen-bond donors (Lipinski definition) is 0. The van der Waals surface area contributed by atoms with Gasteiger partial charge in [0.15, 0.2) is 5.60 Å². The fraction of sp³-hybridized carbons (Fsp3) is 0.306. The molecule has 3 aromatic carbocycles. The molecule has 0 aromatic heterocycles. The fourth-order valence-corrected chi connectivity index (χ4v) is 5.68. The molecule has 0 radical (unpaired) electrons. The molecule has 0 aliphatic carbocycles. The van der Waals surface area contributed by atoms with Crippen LogP contribution in [0.3, 0.4) is 0 Å². The molecule has 0 N–H and O–H groups in total. The lowest BCUT2D eigenvalue weighted by Crippen LogP contribution is -2.33. The summed E-state index contributed by atoms with van der Waals surface area (Å²) in [6.07, 6.45) is -0.448. The molecule has 1 spiro atoms. The van der Waals surface area contributed by atoms with Gasteiger partial charge < -0.3 is 37.9 Å². The third-order valence-corrected chi connectivity index (χ3v) is 7.74. The molecule has 5 rings (SSSR count). The number of aryl methyl sites for hydroxylation is 2. The third-order valence-electron chi connectivity index (χ3n) is 7.74. The van der Waals surface area contributed by atoms with Gasteiger partial charge in [-0.25, -0.2) is 4.79 Å². The van der Waals surface area contributed by atoms with E-state index in [0.29, 0.717) is 27.8 Å². The van der Waals surface area contributed by atoms with Crippen LogP contribution in [0.15, 0.2) is 48.5 Å².